The highest BCUT2D eigenvalue weighted by molar-refractivity contribution is 5.05. The van der Waals surface area contributed by atoms with E-state index in [2.05, 4.69) is 35.4 Å². The molecule has 4 nitrogen and oxygen atoms in total. The van der Waals surface area contributed by atoms with Crippen LogP contribution in [0.2, 0.25) is 0 Å². The van der Waals surface area contributed by atoms with Crippen LogP contribution in [0.5, 0.6) is 0 Å². The molecule has 0 aromatic carbocycles. The number of nitrogens with one attached hydrogen (secondary N) is 1. The lowest BCUT2D eigenvalue weighted by molar-refractivity contribution is 0.108. The Labute approximate surface area is 122 Å². The number of rotatable bonds is 6. The second kappa shape index (κ2) is 6.27. The third-order valence-corrected chi connectivity index (χ3v) is 4.77. The van der Waals surface area contributed by atoms with Crippen LogP contribution in [0.4, 0.5) is 0 Å². The third-order valence-electron chi connectivity index (χ3n) is 4.77. The van der Waals surface area contributed by atoms with Crippen molar-refractivity contribution in [3.8, 4) is 0 Å². The zero-order chi connectivity index (χ0) is 13.9. The normalized spacial score (nSPS) is 27.9. The van der Waals surface area contributed by atoms with Gasteiger partial charge >= 0.3 is 0 Å². The van der Waals surface area contributed by atoms with Gasteiger partial charge in [0.1, 0.15) is 0 Å². The molecule has 1 aromatic heterocycles. The van der Waals surface area contributed by atoms with Crippen molar-refractivity contribution < 1.29 is 0 Å². The molecule has 0 amide bonds. The Balaban J connectivity index is 1.64. The molecular formula is C16H28N4. The number of hydrogen-bond donors (Lipinski definition) is 1. The van der Waals surface area contributed by atoms with E-state index in [4.69, 9.17) is 0 Å². The number of aryl methyl sites for hydroxylation is 1. The predicted molar refractivity (Wildman–Crippen MR) is 81.5 cm³/mol. The highest BCUT2D eigenvalue weighted by Crippen LogP contribution is 2.34. The van der Waals surface area contributed by atoms with Crippen molar-refractivity contribution >= 4 is 0 Å². The Hall–Kier alpha value is -0.870. The summed E-state index contributed by atoms with van der Waals surface area (Å²) in [5, 5.41) is 8.20. The predicted octanol–water partition coefficient (Wildman–Crippen LogP) is 2.26. The molecule has 1 aliphatic heterocycles. The first-order valence-corrected chi connectivity index (χ1v) is 8.29. The Morgan fingerprint density at radius 2 is 2.20 bits per heavy atom. The molecule has 2 aliphatic rings. The van der Waals surface area contributed by atoms with Crippen molar-refractivity contribution in [1.82, 2.24) is 20.0 Å². The number of hydrogen-bond acceptors (Lipinski definition) is 3. The van der Waals surface area contributed by atoms with Gasteiger partial charge in [-0.15, -0.1) is 0 Å². The molecule has 1 saturated carbocycles. The summed E-state index contributed by atoms with van der Waals surface area (Å²) >= 11 is 0. The molecule has 0 radical (unpaired) electrons. The Morgan fingerprint density at radius 1 is 1.35 bits per heavy atom. The van der Waals surface area contributed by atoms with Crippen molar-refractivity contribution in [2.45, 2.75) is 64.7 Å². The molecule has 1 aromatic rings. The van der Waals surface area contributed by atoms with Crippen LogP contribution in [0, 0.1) is 5.92 Å². The van der Waals surface area contributed by atoms with Crippen molar-refractivity contribution in [1.29, 1.82) is 0 Å². The van der Waals surface area contributed by atoms with Crippen LogP contribution < -0.4 is 5.32 Å². The fraction of sp³-hybridized carbons (Fsp3) is 0.812. The summed E-state index contributed by atoms with van der Waals surface area (Å²) in [5.41, 5.74) is 1.37. The van der Waals surface area contributed by atoms with E-state index in [1.807, 2.05) is 10.9 Å². The molecule has 112 valence electrons. The van der Waals surface area contributed by atoms with Crippen LogP contribution in [-0.2, 0) is 13.1 Å². The summed E-state index contributed by atoms with van der Waals surface area (Å²) in [5.74, 6) is 0.943. The molecule has 1 aliphatic carbocycles. The first kappa shape index (κ1) is 14.1. The Kier molecular flexibility index (Phi) is 4.41. The molecule has 2 fully saturated rings. The summed E-state index contributed by atoms with van der Waals surface area (Å²) in [6.07, 6.45) is 9.67. The lowest BCUT2D eigenvalue weighted by atomic mass is 10.0. The van der Waals surface area contributed by atoms with E-state index in [0.717, 1.165) is 31.6 Å². The van der Waals surface area contributed by atoms with Gasteiger partial charge in [0.2, 0.25) is 0 Å². The number of nitrogens with zero attached hydrogens (tertiary/aromatic N) is 3. The van der Waals surface area contributed by atoms with E-state index in [0.29, 0.717) is 6.04 Å². The smallest absolute Gasteiger partial charge is 0.0534 e. The van der Waals surface area contributed by atoms with Gasteiger partial charge in [-0.2, -0.15) is 5.10 Å². The first-order chi connectivity index (χ1) is 9.80. The molecule has 2 atom stereocenters. The molecule has 3 rings (SSSR count). The van der Waals surface area contributed by atoms with E-state index >= 15 is 0 Å². The first-order valence-electron chi connectivity index (χ1n) is 8.29. The van der Waals surface area contributed by atoms with Crippen LogP contribution in [0.25, 0.3) is 0 Å². The second-order valence-electron chi connectivity index (χ2n) is 6.43. The summed E-state index contributed by atoms with van der Waals surface area (Å²) in [7, 11) is 0. The zero-order valence-electron chi connectivity index (χ0n) is 12.9. The minimum atomic E-state index is 0.694. The van der Waals surface area contributed by atoms with E-state index in [9.17, 15) is 0 Å². The highest BCUT2D eigenvalue weighted by Gasteiger charge is 2.36. The molecule has 2 heterocycles. The van der Waals surface area contributed by atoms with Gasteiger partial charge in [0, 0.05) is 50.0 Å². The van der Waals surface area contributed by atoms with Crippen LogP contribution in [0.1, 0.15) is 45.1 Å². The lowest BCUT2D eigenvalue weighted by Gasteiger charge is -2.40. The monoisotopic (exact) mass is 276 g/mol. The summed E-state index contributed by atoms with van der Waals surface area (Å²) in [6, 6.07) is 1.42. The number of aromatic nitrogens is 2. The minimum Gasteiger partial charge on any atom is -0.311 e. The van der Waals surface area contributed by atoms with Gasteiger partial charge < -0.3 is 5.32 Å². The molecule has 1 saturated heterocycles. The SMILES string of the molecule is CCCC1CNC(C2CC2)CN1Cc1cnn(CC)c1. The topological polar surface area (TPSA) is 33.1 Å². The largest absolute Gasteiger partial charge is 0.311 e. The third kappa shape index (κ3) is 3.23. The van der Waals surface area contributed by atoms with Crippen molar-refractivity contribution in [2.24, 2.45) is 5.92 Å². The number of piperazine rings is 1. The lowest BCUT2D eigenvalue weighted by Crippen LogP contribution is -2.56. The van der Waals surface area contributed by atoms with E-state index < -0.39 is 0 Å². The van der Waals surface area contributed by atoms with E-state index in [1.54, 1.807) is 0 Å². The van der Waals surface area contributed by atoms with Crippen molar-refractivity contribution in [3.63, 3.8) is 0 Å². The van der Waals surface area contributed by atoms with Gasteiger partial charge in [-0.05, 0) is 32.1 Å². The quantitative estimate of drug-likeness (QED) is 0.865. The van der Waals surface area contributed by atoms with Crippen LogP contribution in [-0.4, -0.2) is 39.9 Å². The maximum atomic E-state index is 4.41. The molecular weight excluding hydrogens is 248 g/mol. The molecule has 2 unspecified atom stereocenters. The Morgan fingerprint density at radius 3 is 2.85 bits per heavy atom. The van der Waals surface area contributed by atoms with Gasteiger partial charge in [-0.3, -0.25) is 9.58 Å². The van der Waals surface area contributed by atoms with Gasteiger partial charge in [0.05, 0.1) is 6.20 Å². The van der Waals surface area contributed by atoms with Crippen molar-refractivity contribution in [2.75, 3.05) is 13.1 Å². The maximum Gasteiger partial charge on any atom is 0.0534 e. The van der Waals surface area contributed by atoms with Crippen LogP contribution >= 0.6 is 0 Å². The average Bonchev–Trinajstić information content (AvgIpc) is 3.21. The van der Waals surface area contributed by atoms with Crippen molar-refractivity contribution in [3.05, 3.63) is 18.0 Å². The van der Waals surface area contributed by atoms with Gasteiger partial charge in [0.25, 0.3) is 0 Å². The summed E-state index contributed by atoms with van der Waals surface area (Å²) < 4.78 is 2.03. The maximum absolute atomic E-state index is 4.41. The highest BCUT2D eigenvalue weighted by atomic mass is 15.3. The average molecular weight is 276 g/mol. The molecule has 20 heavy (non-hydrogen) atoms. The standard InChI is InChI=1S/C16H28N4/c1-3-5-15-9-17-16(14-6-7-14)12-19(15)10-13-8-18-20(4-2)11-13/h8,11,14-17H,3-7,9-10,12H2,1-2H3. The molecule has 0 bridgehead atoms. The van der Waals surface area contributed by atoms with Gasteiger partial charge in [-0.1, -0.05) is 13.3 Å². The van der Waals surface area contributed by atoms with E-state index in [-0.39, 0.29) is 0 Å². The van der Waals surface area contributed by atoms with Crippen LogP contribution in [0.15, 0.2) is 12.4 Å². The fourth-order valence-electron chi connectivity index (χ4n) is 3.40. The molecule has 0 spiro atoms. The summed E-state index contributed by atoms with van der Waals surface area (Å²) in [4.78, 5) is 2.69. The van der Waals surface area contributed by atoms with Gasteiger partial charge in [-0.25, -0.2) is 0 Å². The fourth-order valence-corrected chi connectivity index (χ4v) is 3.40. The van der Waals surface area contributed by atoms with Crippen LogP contribution in [0.3, 0.4) is 0 Å². The molecule has 4 heteroatoms. The summed E-state index contributed by atoms with van der Waals surface area (Å²) in [6.45, 7) is 8.84. The molecule has 1 N–H and O–H groups in total. The zero-order valence-corrected chi connectivity index (χ0v) is 12.9. The Bertz CT molecular complexity index is 424. The van der Waals surface area contributed by atoms with E-state index in [1.165, 1.54) is 37.8 Å². The van der Waals surface area contributed by atoms with Gasteiger partial charge in [0.15, 0.2) is 0 Å². The second-order valence-corrected chi connectivity index (χ2v) is 6.43. The minimum absolute atomic E-state index is 0.694.